The normalized spacial score (nSPS) is 10.0. The first kappa shape index (κ1) is 18.0. The molecule has 0 atom stereocenters. The van der Waals surface area contributed by atoms with Crippen LogP contribution >= 0.6 is 24.4 Å². The highest BCUT2D eigenvalue weighted by atomic mass is 32.1. The zero-order valence-electron chi connectivity index (χ0n) is 13.0. The molecule has 8 heteroatoms. The molecule has 0 aliphatic rings. The molecular formula is C16H16F2N4S2. The molecule has 2 aromatic carbocycles. The van der Waals surface area contributed by atoms with Gasteiger partial charge in [0.1, 0.15) is 11.6 Å². The first-order valence-electron chi connectivity index (χ1n) is 7.01. The summed E-state index contributed by atoms with van der Waals surface area (Å²) in [5.74, 6) is -1.40. The van der Waals surface area contributed by atoms with Crippen LogP contribution in [0.5, 0.6) is 0 Å². The van der Waals surface area contributed by atoms with Crippen molar-refractivity contribution in [1.29, 1.82) is 0 Å². The summed E-state index contributed by atoms with van der Waals surface area (Å²) in [4.78, 5) is 0. The molecule has 0 heterocycles. The second kappa shape index (κ2) is 7.98. The van der Waals surface area contributed by atoms with Gasteiger partial charge < -0.3 is 10.6 Å². The molecule has 0 aromatic heterocycles. The van der Waals surface area contributed by atoms with Gasteiger partial charge in [0.25, 0.3) is 0 Å². The Morgan fingerprint density at radius 3 is 2.00 bits per heavy atom. The molecule has 2 aromatic rings. The van der Waals surface area contributed by atoms with E-state index < -0.39 is 11.6 Å². The third kappa shape index (κ3) is 5.39. The standard InChI is InChI=1S/C16H16F2N4S2/c1-9-5-10(2)7-12(6-9)19-15(23)21-22-16(24)20-14-4-3-11(17)8-13(14)18/h3-8H,1-2H3,(H2,19,21,23)(H2,20,22,24). The van der Waals surface area contributed by atoms with E-state index in [-0.39, 0.29) is 10.8 Å². The zero-order chi connectivity index (χ0) is 17.7. The fourth-order valence-electron chi connectivity index (χ4n) is 2.07. The number of aryl methyl sites for hydroxylation is 2. The lowest BCUT2D eigenvalue weighted by Gasteiger charge is -2.15. The van der Waals surface area contributed by atoms with Crippen molar-refractivity contribution in [1.82, 2.24) is 10.9 Å². The minimum Gasteiger partial charge on any atom is -0.331 e. The molecule has 2 rings (SSSR count). The van der Waals surface area contributed by atoms with E-state index in [0.717, 1.165) is 28.9 Å². The molecular weight excluding hydrogens is 350 g/mol. The topological polar surface area (TPSA) is 48.1 Å². The molecule has 126 valence electrons. The van der Waals surface area contributed by atoms with Gasteiger partial charge in [-0.1, -0.05) is 6.07 Å². The monoisotopic (exact) mass is 366 g/mol. The number of rotatable bonds is 2. The SMILES string of the molecule is Cc1cc(C)cc(NC(=S)NNC(=S)Nc2ccc(F)cc2F)c1. The van der Waals surface area contributed by atoms with Crippen LogP contribution in [-0.4, -0.2) is 10.2 Å². The van der Waals surface area contributed by atoms with Gasteiger partial charge >= 0.3 is 0 Å². The Morgan fingerprint density at radius 1 is 0.833 bits per heavy atom. The van der Waals surface area contributed by atoms with Gasteiger partial charge in [0.15, 0.2) is 10.2 Å². The summed E-state index contributed by atoms with van der Waals surface area (Å²) in [6.07, 6.45) is 0. The predicted molar refractivity (Wildman–Crippen MR) is 101 cm³/mol. The van der Waals surface area contributed by atoms with Crippen LogP contribution < -0.4 is 21.5 Å². The number of hydrogen-bond acceptors (Lipinski definition) is 2. The number of thiocarbonyl (C=S) groups is 2. The molecule has 0 fully saturated rings. The fraction of sp³-hybridized carbons (Fsp3) is 0.125. The van der Waals surface area contributed by atoms with Gasteiger partial charge in [-0.3, -0.25) is 10.9 Å². The number of halogens is 2. The number of hydrazine groups is 1. The van der Waals surface area contributed by atoms with Gasteiger partial charge in [0.05, 0.1) is 5.69 Å². The quantitative estimate of drug-likeness (QED) is 0.480. The molecule has 0 bridgehead atoms. The van der Waals surface area contributed by atoms with Crippen LogP contribution in [0.3, 0.4) is 0 Å². The average Bonchev–Trinajstić information content (AvgIpc) is 2.47. The van der Waals surface area contributed by atoms with E-state index in [0.29, 0.717) is 5.11 Å². The smallest absolute Gasteiger partial charge is 0.189 e. The predicted octanol–water partition coefficient (Wildman–Crippen LogP) is 3.77. The Bertz CT molecular complexity index is 760. The summed E-state index contributed by atoms with van der Waals surface area (Å²) >= 11 is 10.2. The number of benzene rings is 2. The summed E-state index contributed by atoms with van der Waals surface area (Å²) in [5.41, 5.74) is 8.44. The molecule has 0 aliphatic heterocycles. The minimum absolute atomic E-state index is 0.0592. The third-order valence-electron chi connectivity index (χ3n) is 2.95. The second-order valence-electron chi connectivity index (χ2n) is 5.16. The molecule has 0 amide bonds. The van der Waals surface area contributed by atoms with Crippen LogP contribution in [0.15, 0.2) is 36.4 Å². The van der Waals surface area contributed by atoms with Crippen molar-refractivity contribution in [2.45, 2.75) is 13.8 Å². The number of nitrogens with one attached hydrogen (secondary N) is 4. The molecule has 0 radical (unpaired) electrons. The van der Waals surface area contributed by atoms with Gasteiger partial charge in [-0.25, -0.2) is 8.78 Å². The molecule has 4 N–H and O–H groups in total. The third-order valence-corrected chi connectivity index (χ3v) is 3.36. The highest BCUT2D eigenvalue weighted by Gasteiger charge is 2.06. The summed E-state index contributed by atoms with van der Waals surface area (Å²) in [6.45, 7) is 3.98. The van der Waals surface area contributed by atoms with Gasteiger partial charge in [0.2, 0.25) is 0 Å². The van der Waals surface area contributed by atoms with E-state index in [9.17, 15) is 8.78 Å². The van der Waals surface area contributed by atoms with Crippen molar-refractivity contribution >= 4 is 46.0 Å². The lowest BCUT2D eigenvalue weighted by molar-refractivity contribution is 0.586. The van der Waals surface area contributed by atoms with Crippen molar-refractivity contribution in [2.75, 3.05) is 10.6 Å². The Morgan fingerprint density at radius 2 is 1.42 bits per heavy atom. The Kier molecular flexibility index (Phi) is 5.99. The Balaban J connectivity index is 1.85. The summed E-state index contributed by atoms with van der Waals surface area (Å²) in [6, 6.07) is 9.11. The number of hydrogen-bond donors (Lipinski definition) is 4. The maximum absolute atomic E-state index is 13.5. The molecule has 0 saturated heterocycles. The molecule has 0 unspecified atom stereocenters. The summed E-state index contributed by atoms with van der Waals surface area (Å²) < 4.78 is 26.4. The lowest BCUT2D eigenvalue weighted by atomic mass is 10.1. The molecule has 0 saturated carbocycles. The fourth-order valence-corrected chi connectivity index (χ4v) is 2.40. The van der Waals surface area contributed by atoms with E-state index >= 15 is 0 Å². The lowest BCUT2D eigenvalue weighted by Crippen LogP contribution is -2.45. The molecule has 4 nitrogen and oxygen atoms in total. The number of anilines is 2. The van der Waals surface area contributed by atoms with Crippen molar-refractivity contribution in [3.63, 3.8) is 0 Å². The van der Waals surface area contributed by atoms with Crippen LogP contribution in [0.1, 0.15) is 11.1 Å². The van der Waals surface area contributed by atoms with Gasteiger partial charge in [-0.15, -0.1) is 0 Å². The molecule has 0 aliphatic carbocycles. The van der Waals surface area contributed by atoms with Crippen LogP contribution in [-0.2, 0) is 0 Å². The van der Waals surface area contributed by atoms with Crippen LogP contribution in [0, 0.1) is 25.5 Å². The van der Waals surface area contributed by atoms with E-state index in [1.54, 1.807) is 0 Å². The van der Waals surface area contributed by atoms with E-state index in [4.69, 9.17) is 24.4 Å². The Labute approximate surface area is 149 Å². The summed E-state index contributed by atoms with van der Waals surface area (Å²) in [7, 11) is 0. The highest BCUT2D eigenvalue weighted by Crippen LogP contribution is 2.15. The van der Waals surface area contributed by atoms with Crippen LogP contribution in [0.25, 0.3) is 0 Å². The molecule has 0 spiro atoms. The van der Waals surface area contributed by atoms with E-state index in [1.165, 1.54) is 6.07 Å². The van der Waals surface area contributed by atoms with E-state index in [2.05, 4.69) is 27.6 Å². The maximum Gasteiger partial charge on any atom is 0.189 e. The Hall–Kier alpha value is -2.32. The van der Waals surface area contributed by atoms with Gasteiger partial charge in [0, 0.05) is 11.8 Å². The summed E-state index contributed by atoms with van der Waals surface area (Å²) in [5, 5.41) is 6.00. The van der Waals surface area contributed by atoms with Crippen LogP contribution in [0.2, 0.25) is 0 Å². The average molecular weight is 366 g/mol. The van der Waals surface area contributed by atoms with Crippen LogP contribution in [0.4, 0.5) is 20.2 Å². The van der Waals surface area contributed by atoms with Gasteiger partial charge in [-0.2, -0.15) is 0 Å². The first-order chi connectivity index (χ1) is 11.3. The maximum atomic E-state index is 13.5. The largest absolute Gasteiger partial charge is 0.331 e. The van der Waals surface area contributed by atoms with Crippen molar-refractivity contribution in [2.24, 2.45) is 0 Å². The van der Waals surface area contributed by atoms with Crippen molar-refractivity contribution < 1.29 is 8.78 Å². The molecule has 24 heavy (non-hydrogen) atoms. The minimum atomic E-state index is -0.741. The zero-order valence-corrected chi connectivity index (χ0v) is 14.7. The van der Waals surface area contributed by atoms with Crippen molar-refractivity contribution in [3.8, 4) is 0 Å². The highest BCUT2D eigenvalue weighted by molar-refractivity contribution is 7.81. The second-order valence-corrected chi connectivity index (χ2v) is 5.98. The first-order valence-corrected chi connectivity index (χ1v) is 7.82. The van der Waals surface area contributed by atoms with Gasteiger partial charge in [-0.05, 0) is 73.7 Å². The van der Waals surface area contributed by atoms with Crippen molar-refractivity contribution in [3.05, 3.63) is 59.2 Å². The van der Waals surface area contributed by atoms with E-state index in [1.807, 2.05) is 26.0 Å².